The molecular formula is C14H11ClN6O2S. The summed E-state index contributed by atoms with van der Waals surface area (Å²) < 4.78 is 0. The van der Waals surface area contributed by atoms with Crippen LogP contribution >= 0.6 is 22.9 Å². The van der Waals surface area contributed by atoms with Crippen LogP contribution in [0.25, 0.3) is 10.7 Å². The monoisotopic (exact) mass is 362 g/mol. The number of H-pyrrole nitrogens is 1. The van der Waals surface area contributed by atoms with E-state index < -0.39 is 4.92 Å². The highest BCUT2D eigenvalue weighted by atomic mass is 35.5. The van der Waals surface area contributed by atoms with Gasteiger partial charge >= 0.3 is 5.00 Å². The van der Waals surface area contributed by atoms with Crippen LogP contribution in [0.4, 0.5) is 16.6 Å². The number of aromatic amines is 1. The molecule has 0 radical (unpaired) electrons. The molecule has 0 aliphatic heterocycles. The van der Waals surface area contributed by atoms with Gasteiger partial charge in [0.1, 0.15) is 5.02 Å². The van der Waals surface area contributed by atoms with Crippen molar-refractivity contribution in [3.63, 3.8) is 0 Å². The second kappa shape index (κ2) is 5.84. The van der Waals surface area contributed by atoms with Gasteiger partial charge in [0.05, 0.1) is 16.0 Å². The van der Waals surface area contributed by atoms with Crippen molar-refractivity contribution < 1.29 is 4.92 Å². The SMILES string of the molecule is O=[N+]([O-])c1ccc(-c2ncc(Cl)c(Nc3cc(C4CC4)[nH]n3)n2)s1. The summed E-state index contributed by atoms with van der Waals surface area (Å²) in [6.07, 6.45) is 3.82. The lowest BCUT2D eigenvalue weighted by Gasteiger charge is -2.05. The summed E-state index contributed by atoms with van der Waals surface area (Å²) in [5.74, 6) is 1.97. The van der Waals surface area contributed by atoms with Crippen LogP contribution in [0.15, 0.2) is 24.4 Å². The second-order valence-corrected chi connectivity index (χ2v) is 6.86. The Hall–Kier alpha value is -2.52. The van der Waals surface area contributed by atoms with Gasteiger partial charge in [-0.3, -0.25) is 15.2 Å². The standard InChI is InChI=1S/C14H11ClN6O2S/c15-8-6-16-14(10-3-4-12(24-10)21(22)23)18-13(8)17-11-5-9(19-20-11)7-1-2-7/h3-7H,1-2H2,(H2,16,17,18,19,20). The number of rotatable bonds is 5. The lowest BCUT2D eigenvalue weighted by molar-refractivity contribution is -0.380. The molecule has 1 aliphatic rings. The summed E-state index contributed by atoms with van der Waals surface area (Å²) in [7, 11) is 0. The van der Waals surface area contributed by atoms with Crippen LogP contribution in [0.1, 0.15) is 24.5 Å². The smallest absolute Gasteiger partial charge is 0.322 e. The van der Waals surface area contributed by atoms with Gasteiger partial charge in [0.2, 0.25) is 0 Å². The maximum absolute atomic E-state index is 10.8. The Kier molecular flexibility index (Phi) is 3.66. The fraction of sp³-hybridized carbons (Fsp3) is 0.214. The molecule has 24 heavy (non-hydrogen) atoms. The van der Waals surface area contributed by atoms with Crippen LogP contribution in [0.5, 0.6) is 0 Å². The highest BCUT2D eigenvalue weighted by molar-refractivity contribution is 7.18. The van der Waals surface area contributed by atoms with E-state index in [0.717, 1.165) is 17.0 Å². The molecule has 1 saturated carbocycles. The van der Waals surface area contributed by atoms with Crippen LogP contribution in [0.2, 0.25) is 5.02 Å². The molecule has 0 aromatic carbocycles. The number of hydrogen-bond acceptors (Lipinski definition) is 7. The van der Waals surface area contributed by atoms with E-state index in [1.54, 1.807) is 6.07 Å². The van der Waals surface area contributed by atoms with Gasteiger partial charge in [-0.05, 0) is 18.9 Å². The second-order valence-electron chi connectivity index (χ2n) is 5.39. The van der Waals surface area contributed by atoms with Crippen LogP contribution in [0.3, 0.4) is 0 Å². The van der Waals surface area contributed by atoms with Gasteiger partial charge in [-0.25, -0.2) is 9.97 Å². The maximum Gasteiger partial charge on any atom is 0.324 e. The first kappa shape index (κ1) is 15.0. The molecule has 8 nitrogen and oxygen atoms in total. The fourth-order valence-corrected chi connectivity index (χ4v) is 3.14. The van der Waals surface area contributed by atoms with Gasteiger partial charge in [-0.15, -0.1) is 0 Å². The molecule has 122 valence electrons. The highest BCUT2D eigenvalue weighted by Crippen LogP contribution is 2.40. The van der Waals surface area contributed by atoms with Gasteiger partial charge < -0.3 is 5.32 Å². The van der Waals surface area contributed by atoms with Gasteiger partial charge in [-0.2, -0.15) is 5.10 Å². The number of thiophene rings is 1. The zero-order chi connectivity index (χ0) is 16.7. The summed E-state index contributed by atoms with van der Waals surface area (Å²) in [5.41, 5.74) is 1.09. The van der Waals surface area contributed by atoms with E-state index in [9.17, 15) is 10.1 Å². The number of anilines is 2. The first-order valence-corrected chi connectivity index (χ1v) is 8.39. The highest BCUT2D eigenvalue weighted by Gasteiger charge is 2.25. The van der Waals surface area contributed by atoms with E-state index in [1.807, 2.05) is 6.07 Å². The Morgan fingerprint density at radius 3 is 2.96 bits per heavy atom. The normalized spacial score (nSPS) is 13.9. The van der Waals surface area contributed by atoms with Gasteiger partial charge in [0, 0.05) is 23.7 Å². The molecule has 0 atom stereocenters. The molecule has 10 heteroatoms. The van der Waals surface area contributed by atoms with Crippen molar-refractivity contribution >= 4 is 39.6 Å². The number of aromatic nitrogens is 4. The van der Waals surface area contributed by atoms with E-state index in [2.05, 4.69) is 25.5 Å². The summed E-state index contributed by atoms with van der Waals surface area (Å²) in [5, 5.41) is 21.4. The first-order valence-electron chi connectivity index (χ1n) is 7.19. The summed E-state index contributed by atoms with van der Waals surface area (Å²) in [6, 6.07) is 4.99. The van der Waals surface area contributed by atoms with Gasteiger partial charge in [0.25, 0.3) is 0 Å². The molecule has 2 N–H and O–H groups in total. The average molecular weight is 363 g/mol. The zero-order valence-corrected chi connectivity index (χ0v) is 13.8. The van der Waals surface area contributed by atoms with Gasteiger partial charge in [-0.1, -0.05) is 22.9 Å². The van der Waals surface area contributed by atoms with Crippen molar-refractivity contribution in [3.8, 4) is 10.7 Å². The molecule has 3 heterocycles. The van der Waals surface area contributed by atoms with E-state index in [0.29, 0.717) is 33.3 Å². The molecule has 3 aromatic heterocycles. The average Bonchev–Trinajstić information content (AvgIpc) is 3.10. The van der Waals surface area contributed by atoms with Crippen LogP contribution in [-0.2, 0) is 0 Å². The predicted octanol–water partition coefficient (Wildman–Crippen LogP) is 4.11. The Morgan fingerprint density at radius 2 is 2.25 bits per heavy atom. The summed E-state index contributed by atoms with van der Waals surface area (Å²) in [4.78, 5) is 19.5. The molecule has 3 aromatic rings. The van der Waals surface area contributed by atoms with E-state index in [1.165, 1.54) is 25.1 Å². The summed E-state index contributed by atoms with van der Waals surface area (Å²) >= 11 is 7.16. The van der Waals surface area contributed by atoms with E-state index >= 15 is 0 Å². The molecule has 0 unspecified atom stereocenters. The minimum absolute atomic E-state index is 0.0411. The summed E-state index contributed by atoms with van der Waals surface area (Å²) in [6.45, 7) is 0. The predicted molar refractivity (Wildman–Crippen MR) is 90.9 cm³/mol. The number of hydrogen-bond donors (Lipinski definition) is 2. The molecule has 0 amide bonds. The largest absolute Gasteiger partial charge is 0.324 e. The molecule has 4 rings (SSSR count). The Bertz CT molecular complexity index is 920. The maximum atomic E-state index is 10.8. The van der Waals surface area contributed by atoms with Crippen molar-refractivity contribution in [2.75, 3.05) is 5.32 Å². The molecule has 0 saturated heterocycles. The molecule has 0 spiro atoms. The van der Waals surface area contributed by atoms with Crippen molar-refractivity contribution in [1.29, 1.82) is 0 Å². The van der Waals surface area contributed by atoms with E-state index in [4.69, 9.17) is 11.6 Å². The molecule has 1 fully saturated rings. The van der Waals surface area contributed by atoms with Crippen molar-refractivity contribution in [1.82, 2.24) is 20.2 Å². The van der Waals surface area contributed by atoms with Crippen molar-refractivity contribution in [2.45, 2.75) is 18.8 Å². The third-order valence-corrected chi connectivity index (χ3v) is 4.91. The Morgan fingerprint density at radius 1 is 1.42 bits per heavy atom. The van der Waals surface area contributed by atoms with Crippen molar-refractivity contribution in [3.05, 3.63) is 45.2 Å². The fourth-order valence-electron chi connectivity index (χ4n) is 2.24. The number of halogens is 1. The van der Waals surface area contributed by atoms with Gasteiger partial charge in [0.15, 0.2) is 17.5 Å². The molecule has 1 aliphatic carbocycles. The first-order chi connectivity index (χ1) is 11.6. The minimum Gasteiger partial charge on any atom is -0.322 e. The zero-order valence-electron chi connectivity index (χ0n) is 12.2. The Balaban J connectivity index is 1.61. The third kappa shape index (κ3) is 2.95. The number of nitro groups is 1. The minimum atomic E-state index is -0.438. The topological polar surface area (TPSA) is 110 Å². The molecule has 0 bridgehead atoms. The molecular weight excluding hydrogens is 352 g/mol. The Labute approximate surface area is 145 Å². The van der Waals surface area contributed by atoms with E-state index in [-0.39, 0.29) is 5.00 Å². The van der Waals surface area contributed by atoms with Crippen LogP contribution in [0, 0.1) is 10.1 Å². The van der Waals surface area contributed by atoms with Crippen LogP contribution in [-0.4, -0.2) is 25.1 Å². The lowest BCUT2D eigenvalue weighted by atomic mass is 10.3. The quantitative estimate of drug-likeness (QED) is 0.522. The third-order valence-electron chi connectivity index (χ3n) is 3.60. The number of nitrogens with zero attached hydrogens (tertiary/aromatic N) is 4. The van der Waals surface area contributed by atoms with Crippen LogP contribution < -0.4 is 5.32 Å². The van der Waals surface area contributed by atoms with Crippen molar-refractivity contribution in [2.24, 2.45) is 0 Å². The lowest BCUT2D eigenvalue weighted by Crippen LogP contribution is -1.98. The number of nitrogens with one attached hydrogen (secondary N) is 2.